The largest absolute Gasteiger partial charge is 0.496 e. The minimum absolute atomic E-state index is 0.241. The number of halogens is 2. The van der Waals surface area contributed by atoms with Gasteiger partial charge in [0.05, 0.1) is 6.61 Å². The molecule has 0 saturated heterocycles. The SMILES string of the molecule is CC(F)(F)C(NN)C1=CCCO1. The molecule has 0 radical (unpaired) electrons. The summed E-state index contributed by atoms with van der Waals surface area (Å²) in [4.78, 5) is 0. The Bertz CT molecular complexity index is 188. The van der Waals surface area contributed by atoms with Crippen molar-refractivity contribution < 1.29 is 13.5 Å². The van der Waals surface area contributed by atoms with Gasteiger partial charge in [0.2, 0.25) is 0 Å². The van der Waals surface area contributed by atoms with Crippen LogP contribution in [0.1, 0.15) is 13.3 Å². The molecular formula is C7H12F2N2O. The zero-order chi connectivity index (χ0) is 9.19. The Morgan fingerprint density at radius 3 is 2.75 bits per heavy atom. The second kappa shape index (κ2) is 3.37. The fraction of sp³-hybridized carbons (Fsp3) is 0.714. The molecule has 0 aliphatic carbocycles. The van der Waals surface area contributed by atoms with Gasteiger partial charge in [0, 0.05) is 13.3 Å². The maximum atomic E-state index is 12.8. The van der Waals surface area contributed by atoms with Crippen molar-refractivity contribution in [1.29, 1.82) is 0 Å². The molecule has 70 valence electrons. The van der Waals surface area contributed by atoms with Crippen molar-refractivity contribution >= 4 is 0 Å². The van der Waals surface area contributed by atoms with Crippen LogP contribution in [0.5, 0.6) is 0 Å². The van der Waals surface area contributed by atoms with Gasteiger partial charge in [0.15, 0.2) is 0 Å². The molecule has 0 aromatic rings. The van der Waals surface area contributed by atoms with Gasteiger partial charge in [-0.1, -0.05) is 0 Å². The van der Waals surface area contributed by atoms with Crippen LogP contribution in [-0.2, 0) is 4.74 Å². The second-order valence-corrected chi connectivity index (χ2v) is 2.80. The Balaban J connectivity index is 2.68. The Hall–Kier alpha value is -0.680. The molecule has 1 atom stereocenters. The average Bonchev–Trinajstić information content (AvgIpc) is 2.38. The lowest BCUT2D eigenvalue weighted by Gasteiger charge is -2.23. The molecular weight excluding hydrogens is 166 g/mol. The Morgan fingerprint density at radius 2 is 2.42 bits per heavy atom. The topological polar surface area (TPSA) is 47.3 Å². The summed E-state index contributed by atoms with van der Waals surface area (Å²) in [6, 6.07) is -1.21. The molecule has 0 aromatic carbocycles. The summed E-state index contributed by atoms with van der Waals surface area (Å²) < 4.78 is 30.5. The summed E-state index contributed by atoms with van der Waals surface area (Å²) in [7, 11) is 0. The summed E-state index contributed by atoms with van der Waals surface area (Å²) in [5.74, 6) is 2.33. The first-order chi connectivity index (χ1) is 5.55. The minimum Gasteiger partial charge on any atom is -0.496 e. The number of hydrogen-bond acceptors (Lipinski definition) is 3. The van der Waals surface area contributed by atoms with Crippen LogP contribution in [0.3, 0.4) is 0 Å². The van der Waals surface area contributed by atoms with Crippen LogP contribution in [0.15, 0.2) is 11.8 Å². The molecule has 3 nitrogen and oxygen atoms in total. The fourth-order valence-electron chi connectivity index (χ4n) is 1.12. The second-order valence-electron chi connectivity index (χ2n) is 2.80. The monoisotopic (exact) mass is 178 g/mol. The maximum absolute atomic E-state index is 12.8. The molecule has 1 unspecified atom stereocenters. The molecule has 0 saturated carbocycles. The summed E-state index contributed by atoms with van der Waals surface area (Å²) in [5, 5.41) is 0. The van der Waals surface area contributed by atoms with Crippen molar-refractivity contribution in [2.75, 3.05) is 6.61 Å². The number of ether oxygens (including phenoxy) is 1. The molecule has 1 aliphatic rings. The lowest BCUT2D eigenvalue weighted by Crippen LogP contribution is -2.48. The highest BCUT2D eigenvalue weighted by molar-refractivity contribution is 5.10. The van der Waals surface area contributed by atoms with Gasteiger partial charge in [-0.15, -0.1) is 0 Å². The molecule has 0 amide bonds. The molecule has 1 heterocycles. The number of nitrogens with one attached hydrogen (secondary N) is 1. The van der Waals surface area contributed by atoms with Crippen molar-refractivity contribution in [3.63, 3.8) is 0 Å². The van der Waals surface area contributed by atoms with E-state index in [0.717, 1.165) is 6.92 Å². The molecule has 0 spiro atoms. The minimum atomic E-state index is -2.90. The number of alkyl halides is 2. The van der Waals surface area contributed by atoms with Gasteiger partial charge in [0.25, 0.3) is 5.92 Å². The van der Waals surface area contributed by atoms with Crippen LogP contribution >= 0.6 is 0 Å². The standard InChI is InChI=1S/C7H12F2N2O/c1-7(8,9)6(11-10)5-3-2-4-12-5/h3,6,11H,2,4,10H2,1H3. The van der Waals surface area contributed by atoms with Crippen LogP contribution < -0.4 is 11.3 Å². The highest BCUT2D eigenvalue weighted by atomic mass is 19.3. The number of rotatable bonds is 3. The van der Waals surface area contributed by atoms with Crippen LogP contribution in [0.25, 0.3) is 0 Å². The zero-order valence-corrected chi connectivity index (χ0v) is 6.81. The molecule has 1 aliphatic heterocycles. The predicted molar refractivity (Wildman–Crippen MR) is 40.4 cm³/mol. The average molecular weight is 178 g/mol. The van der Waals surface area contributed by atoms with Crippen molar-refractivity contribution in [2.24, 2.45) is 5.84 Å². The van der Waals surface area contributed by atoms with Crippen LogP contribution in [0.2, 0.25) is 0 Å². The van der Waals surface area contributed by atoms with Gasteiger partial charge in [-0.2, -0.15) is 0 Å². The Labute approximate surface area is 69.5 Å². The van der Waals surface area contributed by atoms with E-state index < -0.39 is 12.0 Å². The van der Waals surface area contributed by atoms with Gasteiger partial charge >= 0.3 is 0 Å². The van der Waals surface area contributed by atoms with Gasteiger partial charge in [-0.25, -0.2) is 14.2 Å². The lowest BCUT2D eigenvalue weighted by atomic mass is 10.1. The molecule has 0 bridgehead atoms. The summed E-state index contributed by atoms with van der Waals surface area (Å²) in [6.45, 7) is 1.27. The van der Waals surface area contributed by atoms with E-state index in [9.17, 15) is 8.78 Å². The van der Waals surface area contributed by atoms with E-state index in [2.05, 4.69) is 0 Å². The van der Waals surface area contributed by atoms with Gasteiger partial charge in [0.1, 0.15) is 11.8 Å². The Kier molecular flexibility index (Phi) is 2.64. The summed E-state index contributed by atoms with van der Waals surface area (Å²) in [5.41, 5.74) is 2.04. The molecule has 0 aromatic heterocycles. The van der Waals surface area contributed by atoms with Crippen molar-refractivity contribution in [3.05, 3.63) is 11.8 Å². The maximum Gasteiger partial charge on any atom is 0.268 e. The highest BCUT2D eigenvalue weighted by Gasteiger charge is 2.38. The Morgan fingerprint density at radius 1 is 1.75 bits per heavy atom. The smallest absolute Gasteiger partial charge is 0.268 e. The number of nitrogens with two attached hydrogens (primary N) is 1. The first-order valence-electron chi connectivity index (χ1n) is 3.72. The van der Waals surface area contributed by atoms with Gasteiger partial charge in [-0.3, -0.25) is 5.84 Å². The van der Waals surface area contributed by atoms with E-state index in [4.69, 9.17) is 10.6 Å². The highest BCUT2D eigenvalue weighted by Crippen LogP contribution is 2.25. The van der Waals surface area contributed by atoms with Crippen molar-refractivity contribution in [3.8, 4) is 0 Å². The van der Waals surface area contributed by atoms with Crippen molar-refractivity contribution in [2.45, 2.75) is 25.3 Å². The summed E-state index contributed by atoms with van der Waals surface area (Å²) >= 11 is 0. The van der Waals surface area contributed by atoms with Crippen molar-refractivity contribution in [1.82, 2.24) is 5.43 Å². The predicted octanol–water partition coefficient (Wildman–Crippen LogP) is 0.778. The normalized spacial score (nSPS) is 20.2. The van der Waals surface area contributed by atoms with Crippen LogP contribution in [0.4, 0.5) is 8.78 Å². The quantitative estimate of drug-likeness (QED) is 0.496. The number of hydrazine groups is 1. The van der Waals surface area contributed by atoms with Crippen LogP contribution in [0, 0.1) is 0 Å². The molecule has 12 heavy (non-hydrogen) atoms. The first kappa shape index (κ1) is 9.41. The van der Waals surface area contributed by atoms with E-state index in [-0.39, 0.29) is 5.76 Å². The molecule has 1 rings (SSSR count). The first-order valence-corrected chi connectivity index (χ1v) is 3.72. The third-order valence-corrected chi connectivity index (χ3v) is 1.69. The zero-order valence-electron chi connectivity index (χ0n) is 6.81. The fourth-order valence-corrected chi connectivity index (χ4v) is 1.12. The molecule has 3 N–H and O–H groups in total. The van der Waals surface area contributed by atoms with E-state index in [1.54, 1.807) is 6.08 Å². The third-order valence-electron chi connectivity index (χ3n) is 1.69. The summed E-state index contributed by atoms with van der Waals surface area (Å²) in [6.07, 6.45) is 2.30. The van der Waals surface area contributed by atoms with E-state index >= 15 is 0 Å². The van der Waals surface area contributed by atoms with Gasteiger partial charge in [-0.05, 0) is 6.08 Å². The molecule has 0 fully saturated rings. The number of hydrogen-bond donors (Lipinski definition) is 2. The van der Waals surface area contributed by atoms with E-state index in [1.807, 2.05) is 5.43 Å². The van der Waals surface area contributed by atoms with Crippen LogP contribution in [-0.4, -0.2) is 18.6 Å². The third kappa shape index (κ3) is 1.92. The lowest BCUT2D eigenvalue weighted by molar-refractivity contribution is -0.0221. The van der Waals surface area contributed by atoms with Gasteiger partial charge < -0.3 is 4.74 Å². The molecule has 5 heteroatoms. The van der Waals surface area contributed by atoms with E-state index in [0.29, 0.717) is 13.0 Å². The van der Waals surface area contributed by atoms with E-state index in [1.165, 1.54) is 0 Å².